The minimum absolute atomic E-state index is 0.0922. The van der Waals surface area contributed by atoms with Gasteiger partial charge in [0.15, 0.2) is 0 Å². The number of amides is 2. The molecule has 0 spiro atoms. The molecule has 1 aromatic carbocycles. The second-order valence-corrected chi connectivity index (χ2v) is 9.78. The van der Waals surface area contributed by atoms with Gasteiger partial charge in [0.05, 0.1) is 30.6 Å². The lowest BCUT2D eigenvalue weighted by Crippen LogP contribution is -2.42. The lowest BCUT2D eigenvalue weighted by Gasteiger charge is -2.30. The first-order valence-corrected chi connectivity index (χ1v) is 12.6. The van der Waals surface area contributed by atoms with Crippen LogP contribution in [0.3, 0.4) is 0 Å². The molecule has 1 aromatic heterocycles. The molecule has 0 aliphatic heterocycles. The average Bonchev–Trinajstić information content (AvgIpc) is 2.85. The van der Waals surface area contributed by atoms with Gasteiger partial charge >= 0.3 is 6.03 Å². The Morgan fingerprint density at radius 2 is 1.69 bits per heavy atom. The van der Waals surface area contributed by atoms with Crippen molar-refractivity contribution in [1.82, 2.24) is 15.3 Å². The molecule has 2 aromatic rings. The van der Waals surface area contributed by atoms with Crippen LogP contribution in [0, 0.1) is 0 Å². The fraction of sp³-hybridized carbons (Fsp3) is 0.560. The van der Waals surface area contributed by atoms with Crippen molar-refractivity contribution in [3.8, 4) is 11.5 Å². The van der Waals surface area contributed by atoms with Crippen LogP contribution >= 0.6 is 11.6 Å². The molecule has 1 fully saturated rings. The fourth-order valence-corrected chi connectivity index (χ4v) is 5.12. The maximum Gasteiger partial charge on any atom is 0.319 e. The highest BCUT2D eigenvalue weighted by Crippen LogP contribution is 2.36. The molecule has 1 heterocycles. The van der Waals surface area contributed by atoms with Gasteiger partial charge in [0.2, 0.25) is 5.95 Å². The van der Waals surface area contributed by atoms with E-state index in [1.807, 2.05) is 14.1 Å². The summed E-state index contributed by atoms with van der Waals surface area (Å²) in [6.45, 7) is 0. The number of methoxy groups -OCH3 is 2. The Bertz CT molecular complexity index is 1060. The number of ether oxygens (including phenoxy) is 2. The van der Waals surface area contributed by atoms with E-state index in [0.29, 0.717) is 28.2 Å². The van der Waals surface area contributed by atoms with Crippen molar-refractivity contribution in [1.29, 1.82) is 0 Å². The van der Waals surface area contributed by atoms with Gasteiger partial charge in [-0.15, -0.1) is 0 Å². The van der Waals surface area contributed by atoms with Gasteiger partial charge in [-0.25, -0.2) is 9.78 Å². The first kappa shape index (κ1) is 25.2. The topological polar surface area (TPSA) is 101 Å². The number of hydrogen-bond donors (Lipinski definition) is 3. The number of fused-ring (bicyclic) bond motifs is 1. The van der Waals surface area contributed by atoms with Crippen molar-refractivity contribution in [3.05, 3.63) is 28.4 Å². The molecule has 35 heavy (non-hydrogen) atoms. The number of benzene rings is 1. The van der Waals surface area contributed by atoms with Crippen molar-refractivity contribution < 1.29 is 14.3 Å². The van der Waals surface area contributed by atoms with Gasteiger partial charge in [-0.1, -0.05) is 11.6 Å². The molecule has 2 aliphatic carbocycles. The fourth-order valence-electron chi connectivity index (χ4n) is 4.87. The van der Waals surface area contributed by atoms with Crippen LogP contribution in [0.4, 0.5) is 22.2 Å². The first-order chi connectivity index (χ1) is 16.9. The number of carbonyl (C=O) groups excluding carboxylic acids is 1. The molecule has 0 unspecified atom stereocenters. The Hall–Kier alpha value is -2.94. The third-order valence-electron chi connectivity index (χ3n) is 6.70. The summed E-state index contributed by atoms with van der Waals surface area (Å²) in [5, 5.41) is 9.86. The molecule has 0 bridgehead atoms. The van der Waals surface area contributed by atoms with E-state index in [9.17, 15) is 4.79 Å². The number of hydrogen-bond acceptors (Lipinski definition) is 7. The lowest BCUT2D eigenvalue weighted by molar-refractivity contribution is 0.243. The molecule has 3 N–H and O–H groups in total. The minimum Gasteiger partial charge on any atom is -0.495 e. The van der Waals surface area contributed by atoms with Crippen LogP contribution in [0.1, 0.15) is 49.8 Å². The highest BCUT2D eigenvalue weighted by Gasteiger charge is 2.25. The SMILES string of the molecule is COc1cc(OC)c(NC(=O)N[C@H]2CC[C@@H](Nc3nc4c(c(N(C)C)n3)CCCC4)CC2)cc1Cl. The maximum absolute atomic E-state index is 12.6. The molecule has 2 aliphatic rings. The van der Waals surface area contributed by atoms with E-state index >= 15 is 0 Å². The molecule has 2 amide bonds. The zero-order valence-electron chi connectivity index (χ0n) is 20.9. The molecule has 1 saturated carbocycles. The number of carbonyl (C=O) groups is 1. The molecular formula is C25H35ClN6O3. The third kappa shape index (κ3) is 6.01. The molecule has 190 valence electrons. The van der Waals surface area contributed by atoms with Gasteiger partial charge in [0.25, 0.3) is 0 Å². The molecular weight excluding hydrogens is 468 g/mol. The van der Waals surface area contributed by atoms with Gasteiger partial charge < -0.3 is 30.3 Å². The van der Waals surface area contributed by atoms with Gasteiger partial charge in [0.1, 0.15) is 17.3 Å². The third-order valence-corrected chi connectivity index (χ3v) is 7.00. The summed E-state index contributed by atoms with van der Waals surface area (Å²) in [5.74, 6) is 2.71. The molecule has 9 nitrogen and oxygen atoms in total. The first-order valence-electron chi connectivity index (χ1n) is 12.2. The summed E-state index contributed by atoms with van der Waals surface area (Å²) in [6, 6.07) is 3.37. The number of aryl methyl sites for hydroxylation is 1. The van der Waals surface area contributed by atoms with Crippen molar-refractivity contribution in [2.24, 2.45) is 0 Å². The van der Waals surface area contributed by atoms with Crippen molar-refractivity contribution in [2.75, 3.05) is 43.8 Å². The van der Waals surface area contributed by atoms with Crippen molar-refractivity contribution >= 4 is 35.1 Å². The van der Waals surface area contributed by atoms with Gasteiger partial charge in [-0.3, -0.25) is 0 Å². The number of nitrogens with one attached hydrogen (secondary N) is 3. The summed E-state index contributed by atoms with van der Waals surface area (Å²) in [4.78, 5) is 24.4. The summed E-state index contributed by atoms with van der Waals surface area (Å²) in [5.41, 5.74) is 2.96. The minimum atomic E-state index is -0.283. The molecule has 0 saturated heterocycles. The van der Waals surface area contributed by atoms with Crippen molar-refractivity contribution in [2.45, 2.75) is 63.5 Å². The number of urea groups is 1. The van der Waals surface area contributed by atoms with Crippen LogP contribution in [0.2, 0.25) is 5.02 Å². The maximum atomic E-state index is 12.6. The number of rotatable bonds is 7. The van der Waals surface area contributed by atoms with Crippen LogP contribution in [0.5, 0.6) is 11.5 Å². The largest absolute Gasteiger partial charge is 0.495 e. The van der Waals surface area contributed by atoms with E-state index in [1.54, 1.807) is 12.1 Å². The smallest absolute Gasteiger partial charge is 0.319 e. The Labute approximate surface area is 211 Å². The standard InChI is InChI=1S/C25H35ClN6O3/c1-32(2)23-17-7-5-6-8-19(17)29-24(31-23)27-15-9-11-16(12-10-15)28-25(33)30-20-13-18(26)21(34-3)14-22(20)35-4/h13-16H,5-12H2,1-4H3,(H,27,29,31)(H2,28,30,33)/t15-,16+. The van der Waals surface area contributed by atoms with E-state index in [1.165, 1.54) is 38.3 Å². The highest BCUT2D eigenvalue weighted by atomic mass is 35.5. The monoisotopic (exact) mass is 502 g/mol. The predicted molar refractivity (Wildman–Crippen MR) is 139 cm³/mol. The van der Waals surface area contributed by atoms with Gasteiger partial charge in [-0.05, 0) is 57.4 Å². The van der Waals surface area contributed by atoms with Gasteiger partial charge in [-0.2, -0.15) is 4.98 Å². The second kappa shape index (κ2) is 11.2. The molecule has 0 atom stereocenters. The Balaban J connectivity index is 1.31. The number of halogens is 1. The van der Waals surface area contributed by atoms with E-state index in [-0.39, 0.29) is 18.1 Å². The molecule has 4 rings (SSSR count). The van der Waals surface area contributed by atoms with E-state index in [0.717, 1.165) is 44.3 Å². The van der Waals surface area contributed by atoms with Crippen LogP contribution < -0.4 is 30.3 Å². The van der Waals surface area contributed by atoms with Crippen LogP contribution in [-0.4, -0.2) is 56.4 Å². The summed E-state index contributed by atoms with van der Waals surface area (Å²) in [6.07, 6.45) is 8.06. The highest BCUT2D eigenvalue weighted by molar-refractivity contribution is 6.32. The Morgan fingerprint density at radius 1 is 1.00 bits per heavy atom. The summed E-state index contributed by atoms with van der Waals surface area (Å²) in [7, 11) is 7.15. The van der Waals surface area contributed by atoms with Crippen molar-refractivity contribution in [3.63, 3.8) is 0 Å². The van der Waals surface area contributed by atoms with Crippen LogP contribution in [0.15, 0.2) is 12.1 Å². The average molecular weight is 503 g/mol. The second-order valence-electron chi connectivity index (χ2n) is 9.38. The molecule has 0 radical (unpaired) electrons. The Morgan fingerprint density at radius 3 is 2.37 bits per heavy atom. The molecule has 10 heteroatoms. The van der Waals surface area contributed by atoms with E-state index < -0.39 is 0 Å². The number of aromatic nitrogens is 2. The summed E-state index contributed by atoms with van der Waals surface area (Å²) < 4.78 is 10.6. The van der Waals surface area contributed by atoms with Gasteiger partial charge in [0, 0.05) is 37.8 Å². The number of nitrogens with zero attached hydrogens (tertiary/aromatic N) is 3. The lowest BCUT2D eigenvalue weighted by atomic mass is 9.91. The van der Waals surface area contributed by atoms with E-state index in [4.69, 9.17) is 31.0 Å². The zero-order chi connectivity index (χ0) is 24.9. The van der Waals surface area contributed by atoms with Crippen LogP contribution in [-0.2, 0) is 12.8 Å². The normalized spacial score (nSPS) is 19.3. The predicted octanol–water partition coefficient (Wildman–Crippen LogP) is 4.64. The summed E-state index contributed by atoms with van der Waals surface area (Å²) >= 11 is 6.21. The zero-order valence-corrected chi connectivity index (χ0v) is 21.7. The van der Waals surface area contributed by atoms with Crippen LogP contribution in [0.25, 0.3) is 0 Å². The Kier molecular flexibility index (Phi) is 8.05. The van der Waals surface area contributed by atoms with E-state index in [2.05, 4.69) is 20.9 Å². The number of anilines is 3. The quantitative estimate of drug-likeness (QED) is 0.507.